The number of fused-ring (bicyclic) bond motifs is 7. The molecule has 0 aliphatic heterocycles. The summed E-state index contributed by atoms with van der Waals surface area (Å²) < 4.78 is 0. The normalized spacial score (nSPS) is 12.7. The third-order valence-electron chi connectivity index (χ3n) is 13.7. The fraction of sp³-hybridized carbons (Fsp3) is 0.0476. The molecule has 11 aromatic rings. The highest BCUT2D eigenvalue weighted by molar-refractivity contribution is 6.24. The van der Waals surface area contributed by atoms with Crippen LogP contribution in [0.4, 0.5) is 17.1 Å². The topological polar surface area (TPSA) is 3.24 Å². The molecule has 1 aliphatic carbocycles. The lowest BCUT2D eigenvalue weighted by Gasteiger charge is -2.32. The van der Waals surface area contributed by atoms with Crippen molar-refractivity contribution < 1.29 is 0 Å². The van der Waals surface area contributed by atoms with E-state index >= 15 is 0 Å². The zero-order chi connectivity index (χ0) is 42.8. The highest BCUT2D eigenvalue weighted by Gasteiger charge is 2.36. The van der Waals surface area contributed by atoms with E-state index in [0.717, 1.165) is 17.1 Å². The summed E-state index contributed by atoms with van der Waals surface area (Å²) in [5.74, 6) is 0. The van der Waals surface area contributed by atoms with Gasteiger partial charge in [-0.25, -0.2) is 0 Å². The van der Waals surface area contributed by atoms with Gasteiger partial charge in [0.1, 0.15) is 0 Å². The number of hydrogen-bond acceptors (Lipinski definition) is 1. The van der Waals surface area contributed by atoms with E-state index in [1.54, 1.807) is 0 Å². The van der Waals surface area contributed by atoms with Crippen LogP contribution in [0.15, 0.2) is 237 Å². The Morgan fingerprint density at radius 3 is 1.53 bits per heavy atom. The van der Waals surface area contributed by atoms with Crippen molar-refractivity contribution in [3.63, 3.8) is 0 Å². The minimum absolute atomic E-state index is 0.178. The second-order valence-electron chi connectivity index (χ2n) is 17.6. The molecule has 0 fully saturated rings. The van der Waals surface area contributed by atoms with Crippen LogP contribution in [0, 0.1) is 0 Å². The maximum absolute atomic E-state index is 2.57. The first-order chi connectivity index (χ1) is 31.5. The van der Waals surface area contributed by atoms with E-state index in [-0.39, 0.29) is 5.41 Å². The van der Waals surface area contributed by atoms with E-state index in [2.05, 4.69) is 255 Å². The molecule has 0 heterocycles. The summed E-state index contributed by atoms with van der Waals surface area (Å²) in [6.45, 7) is 4.76. The van der Waals surface area contributed by atoms with E-state index in [1.165, 1.54) is 99.1 Å². The van der Waals surface area contributed by atoms with E-state index in [1.807, 2.05) is 0 Å². The van der Waals surface area contributed by atoms with Crippen molar-refractivity contribution >= 4 is 49.4 Å². The van der Waals surface area contributed by atoms with Crippen LogP contribution >= 0.6 is 0 Å². The third-order valence-corrected chi connectivity index (χ3v) is 13.7. The average Bonchev–Trinajstić information content (AvgIpc) is 3.59. The Hall–Kier alpha value is -8.00. The van der Waals surface area contributed by atoms with E-state index in [0.29, 0.717) is 0 Å². The zero-order valence-electron chi connectivity index (χ0n) is 36.0. The molecule has 0 spiro atoms. The number of nitrogens with zero attached hydrogens (tertiary/aromatic N) is 1. The third kappa shape index (κ3) is 6.08. The van der Waals surface area contributed by atoms with Gasteiger partial charge in [-0.15, -0.1) is 0 Å². The average molecular weight is 816 g/mol. The van der Waals surface area contributed by atoms with Crippen LogP contribution < -0.4 is 4.90 Å². The zero-order valence-corrected chi connectivity index (χ0v) is 36.0. The van der Waals surface area contributed by atoms with Gasteiger partial charge in [-0.3, -0.25) is 0 Å². The van der Waals surface area contributed by atoms with Gasteiger partial charge in [0.25, 0.3) is 0 Å². The molecule has 0 saturated heterocycles. The molecule has 1 heteroatoms. The summed E-state index contributed by atoms with van der Waals surface area (Å²) in [5.41, 5.74) is 18.1. The Balaban J connectivity index is 1.17. The summed E-state index contributed by atoms with van der Waals surface area (Å²) in [4.78, 5) is 2.57. The smallest absolute Gasteiger partial charge is 0.0625 e. The minimum Gasteiger partial charge on any atom is -0.309 e. The molecular formula is C63H45N. The van der Waals surface area contributed by atoms with Crippen molar-refractivity contribution in [2.45, 2.75) is 19.3 Å². The van der Waals surface area contributed by atoms with Crippen molar-refractivity contribution in [2.75, 3.05) is 4.90 Å². The summed E-state index contributed by atoms with van der Waals surface area (Å²) in [7, 11) is 0. The molecule has 302 valence electrons. The van der Waals surface area contributed by atoms with Crippen LogP contribution in [0.5, 0.6) is 0 Å². The number of anilines is 3. The fourth-order valence-corrected chi connectivity index (χ4v) is 10.6. The molecule has 0 N–H and O–H groups in total. The molecule has 0 amide bonds. The molecular weight excluding hydrogens is 771 g/mol. The SMILES string of the molecule is CC1(C)c2ccccc2-c2ccc(N(c3ccc(-c4ccc(-c5ccccc5)cc4)c(-c4ccccc4)c3)c3c(-c4cccc5ccccc45)c4ccccc4c4ccccc34)cc21. The highest BCUT2D eigenvalue weighted by atomic mass is 15.1. The maximum atomic E-state index is 2.57. The van der Waals surface area contributed by atoms with Gasteiger partial charge in [-0.1, -0.05) is 226 Å². The van der Waals surface area contributed by atoms with Crippen molar-refractivity contribution in [1.29, 1.82) is 0 Å². The number of hydrogen-bond donors (Lipinski definition) is 0. The molecule has 1 aliphatic rings. The van der Waals surface area contributed by atoms with E-state index < -0.39 is 0 Å². The quantitative estimate of drug-likeness (QED) is 0.145. The summed E-state index contributed by atoms with van der Waals surface area (Å²) in [5, 5.41) is 7.36. The Morgan fingerprint density at radius 1 is 0.297 bits per heavy atom. The van der Waals surface area contributed by atoms with Crippen LogP contribution in [0.25, 0.3) is 88.0 Å². The van der Waals surface area contributed by atoms with Crippen LogP contribution in [-0.4, -0.2) is 0 Å². The predicted octanol–water partition coefficient (Wildman–Crippen LogP) is 17.6. The predicted molar refractivity (Wildman–Crippen MR) is 273 cm³/mol. The van der Waals surface area contributed by atoms with Gasteiger partial charge in [-0.05, 0) is 112 Å². The molecule has 64 heavy (non-hydrogen) atoms. The second kappa shape index (κ2) is 15.1. The van der Waals surface area contributed by atoms with Crippen molar-refractivity contribution in [3.8, 4) is 55.6 Å². The Bertz CT molecular complexity index is 3560. The lowest BCUT2D eigenvalue weighted by Crippen LogP contribution is -2.17. The summed E-state index contributed by atoms with van der Waals surface area (Å²) >= 11 is 0. The maximum Gasteiger partial charge on any atom is 0.0625 e. The molecule has 1 nitrogen and oxygen atoms in total. The lowest BCUT2D eigenvalue weighted by atomic mass is 9.82. The van der Waals surface area contributed by atoms with Gasteiger partial charge < -0.3 is 4.90 Å². The van der Waals surface area contributed by atoms with Gasteiger partial charge in [0, 0.05) is 27.7 Å². The molecule has 0 bridgehead atoms. The summed E-state index contributed by atoms with van der Waals surface area (Å²) in [6, 6.07) is 87.4. The first-order valence-corrected chi connectivity index (χ1v) is 22.3. The molecule has 0 radical (unpaired) electrons. The first kappa shape index (κ1) is 37.7. The van der Waals surface area contributed by atoms with Gasteiger partial charge in [-0.2, -0.15) is 0 Å². The molecule has 0 unspecified atom stereocenters. The molecule has 0 aromatic heterocycles. The van der Waals surface area contributed by atoms with Crippen molar-refractivity contribution in [2.24, 2.45) is 0 Å². The molecule has 11 aromatic carbocycles. The summed E-state index contributed by atoms with van der Waals surface area (Å²) in [6.07, 6.45) is 0. The van der Waals surface area contributed by atoms with Crippen LogP contribution in [0.2, 0.25) is 0 Å². The van der Waals surface area contributed by atoms with Crippen molar-refractivity contribution in [1.82, 2.24) is 0 Å². The van der Waals surface area contributed by atoms with E-state index in [9.17, 15) is 0 Å². The van der Waals surface area contributed by atoms with Crippen LogP contribution in [0.3, 0.4) is 0 Å². The number of rotatable bonds is 7. The van der Waals surface area contributed by atoms with Crippen LogP contribution in [0.1, 0.15) is 25.0 Å². The Kier molecular flexibility index (Phi) is 8.91. The molecule has 12 rings (SSSR count). The van der Waals surface area contributed by atoms with Gasteiger partial charge in [0.05, 0.1) is 5.69 Å². The fourth-order valence-electron chi connectivity index (χ4n) is 10.6. The van der Waals surface area contributed by atoms with Gasteiger partial charge >= 0.3 is 0 Å². The van der Waals surface area contributed by atoms with Crippen molar-refractivity contribution in [3.05, 3.63) is 248 Å². The Morgan fingerprint density at radius 2 is 0.781 bits per heavy atom. The van der Waals surface area contributed by atoms with Gasteiger partial charge in [0.15, 0.2) is 0 Å². The minimum atomic E-state index is -0.178. The number of benzene rings is 11. The first-order valence-electron chi connectivity index (χ1n) is 22.3. The molecule has 0 atom stereocenters. The highest BCUT2D eigenvalue weighted by Crippen LogP contribution is 2.54. The largest absolute Gasteiger partial charge is 0.309 e. The standard InChI is InChI=1S/C63H45N/c1-63(2)59-31-16-15-27-53(59)54-39-37-48(41-60(54)63)64(47-36-38-50(58(40-47)45-20-7-4-8-21-45)46-34-32-43(33-35-46)42-18-5-3-6-19-42)62-57-29-14-12-26-52(57)51-25-11-13-28-56(51)61(62)55-30-17-23-44-22-9-10-24-49(44)55/h3-41H,1-2H3. The monoisotopic (exact) mass is 815 g/mol. The lowest BCUT2D eigenvalue weighted by molar-refractivity contribution is 0.660. The Labute approximate surface area is 375 Å². The second-order valence-corrected chi connectivity index (χ2v) is 17.6. The molecule has 0 saturated carbocycles. The van der Waals surface area contributed by atoms with E-state index in [4.69, 9.17) is 0 Å². The van der Waals surface area contributed by atoms with Gasteiger partial charge in [0.2, 0.25) is 0 Å². The van der Waals surface area contributed by atoms with Crippen LogP contribution in [-0.2, 0) is 5.41 Å².